The van der Waals surface area contributed by atoms with E-state index in [1.165, 1.54) is 0 Å². The van der Waals surface area contributed by atoms with Crippen molar-refractivity contribution in [3.05, 3.63) is 11.4 Å². The molecule has 0 fully saturated rings. The Hall–Kier alpha value is -1.36. The molecule has 0 amide bonds. The van der Waals surface area contributed by atoms with E-state index in [9.17, 15) is 0 Å². The average molecular weight is 294 g/mol. The van der Waals surface area contributed by atoms with Crippen molar-refractivity contribution in [2.75, 3.05) is 30.3 Å². The number of hydrogen-bond acceptors (Lipinski definition) is 5. The zero-order valence-electron chi connectivity index (χ0n) is 14.1. The number of aryl methyl sites for hydroxylation is 1. The molecule has 0 unspecified atom stereocenters. The van der Waals surface area contributed by atoms with Crippen LogP contribution in [0.4, 0.5) is 11.6 Å². The summed E-state index contributed by atoms with van der Waals surface area (Å²) in [6, 6.07) is 0. The van der Waals surface area contributed by atoms with Gasteiger partial charge in [-0.15, -0.1) is 0 Å². The van der Waals surface area contributed by atoms with Crippen LogP contribution in [0.15, 0.2) is 0 Å². The quantitative estimate of drug-likeness (QED) is 0.648. The molecule has 5 nitrogen and oxygen atoms in total. The van der Waals surface area contributed by atoms with E-state index < -0.39 is 0 Å². The second-order valence-corrected chi connectivity index (χ2v) is 5.49. The Morgan fingerprint density at radius 3 is 2.14 bits per heavy atom. The molecule has 1 aromatic rings. The van der Waals surface area contributed by atoms with Gasteiger partial charge in [-0.1, -0.05) is 13.8 Å². The topological polar surface area (TPSA) is 59.1 Å². The van der Waals surface area contributed by atoms with Crippen LogP contribution in [0.25, 0.3) is 0 Å². The van der Waals surface area contributed by atoms with Crippen LogP contribution in [0.1, 0.15) is 51.9 Å². The van der Waals surface area contributed by atoms with Gasteiger partial charge in [0.2, 0.25) is 0 Å². The molecule has 2 N–H and O–H groups in total. The largest absolute Gasteiger partial charge is 0.377 e. The third-order valence-corrected chi connectivity index (χ3v) is 3.05. The Morgan fingerprint density at radius 2 is 1.62 bits per heavy atom. The molecule has 1 aromatic heterocycles. The number of nitrogens with one attached hydrogen (secondary N) is 2. The Kier molecular flexibility index (Phi) is 8.05. The van der Waals surface area contributed by atoms with Crippen LogP contribution < -0.4 is 10.6 Å². The molecule has 0 saturated carbocycles. The van der Waals surface area contributed by atoms with E-state index >= 15 is 0 Å². The minimum atomic E-state index is 0.260. The van der Waals surface area contributed by atoms with E-state index in [1.54, 1.807) is 0 Å². The first kappa shape index (κ1) is 17.7. The summed E-state index contributed by atoms with van der Waals surface area (Å²) >= 11 is 0. The molecule has 0 aliphatic heterocycles. The second kappa shape index (κ2) is 9.55. The van der Waals surface area contributed by atoms with E-state index in [1.807, 2.05) is 13.8 Å². The molecule has 0 bridgehead atoms. The summed E-state index contributed by atoms with van der Waals surface area (Å²) in [7, 11) is 0. The third-order valence-electron chi connectivity index (χ3n) is 3.05. The summed E-state index contributed by atoms with van der Waals surface area (Å²) in [6.07, 6.45) is 3.29. The molecule has 0 spiro atoms. The Balaban J connectivity index is 2.76. The highest BCUT2D eigenvalue weighted by molar-refractivity contribution is 5.57. The zero-order valence-corrected chi connectivity index (χ0v) is 14.1. The second-order valence-electron chi connectivity index (χ2n) is 5.49. The molecule has 120 valence electrons. The number of aromatic nitrogens is 2. The minimum absolute atomic E-state index is 0.260. The van der Waals surface area contributed by atoms with Gasteiger partial charge in [0, 0.05) is 25.1 Å². The molecule has 5 heteroatoms. The van der Waals surface area contributed by atoms with E-state index in [2.05, 4.69) is 41.4 Å². The predicted molar refractivity (Wildman–Crippen MR) is 89.1 cm³/mol. The normalized spacial score (nSPS) is 11.0. The number of rotatable bonds is 10. The van der Waals surface area contributed by atoms with Gasteiger partial charge >= 0.3 is 0 Å². The van der Waals surface area contributed by atoms with Crippen molar-refractivity contribution in [2.24, 2.45) is 0 Å². The molecule has 0 saturated heterocycles. The van der Waals surface area contributed by atoms with Gasteiger partial charge in [-0.25, -0.2) is 9.97 Å². The summed E-state index contributed by atoms with van der Waals surface area (Å²) < 4.78 is 5.55. The average Bonchev–Trinajstić information content (AvgIpc) is 2.44. The first-order valence-electron chi connectivity index (χ1n) is 8.05. The fourth-order valence-electron chi connectivity index (χ4n) is 1.95. The molecule has 1 rings (SSSR count). The standard InChI is InChI=1S/C16H30N4O/c1-6-8-14-19-15(17-9-7-2)13(5)16(20-14)18-10-11-21-12(3)4/h12H,6-11H2,1-5H3,(H2,17,18,19,20). The van der Waals surface area contributed by atoms with Crippen molar-refractivity contribution in [3.63, 3.8) is 0 Å². The lowest BCUT2D eigenvalue weighted by atomic mass is 10.2. The molecule has 1 heterocycles. The fourth-order valence-corrected chi connectivity index (χ4v) is 1.95. The van der Waals surface area contributed by atoms with Gasteiger partial charge in [-0.05, 0) is 33.6 Å². The Morgan fingerprint density at radius 1 is 1.00 bits per heavy atom. The number of ether oxygens (including phenoxy) is 1. The lowest BCUT2D eigenvalue weighted by Gasteiger charge is -2.15. The maximum atomic E-state index is 5.55. The highest BCUT2D eigenvalue weighted by Gasteiger charge is 2.10. The monoisotopic (exact) mass is 294 g/mol. The van der Waals surface area contributed by atoms with Crippen LogP contribution in [0, 0.1) is 6.92 Å². The molecule has 0 aromatic carbocycles. The molecular formula is C16H30N4O. The van der Waals surface area contributed by atoms with Crippen LogP contribution in [-0.4, -0.2) is 35.8 Å². The molecule has 0 radical (unpaired) electrons. The summed E-state index contributed by atoms with van der Waals surface area (Å²) in [6.45, 7) is 12.8. The van der Waals surface area contributed by atoms with Gasteiger partial charge in [-0.2, -0.15) is 0 Å². The van der Waals surface area contributed by atoms with Crippen LogP contribution in [-0.2, 0) is 11.2 Å². The van der Waals surface area contributed by atoms with Crippen molar-refractivity contribution in [1.82, 2.24) is 9.97 Å². The van der Waals surface area contributed by atoms with E-state index in [-0.39, 0.29) is 6.10 Å². The highest BCUT2D eigenvalue weighted by atomic mass is 16.5. The number of nitrogens with zero attached hydrogens (tertiary/aromatic N) is 2. The zero-order chi connectivity index (χ0) is 15.7. The summed E-state index contributed by atoms with van der Waals surface area (Å²) in [5.41, 5.74) is 1.08. The fraction of sp³-hybridized carbons (Fsp3) is 0.750. The van der Waals surface area contributed by atoms with Crippen LogP contribution >= 0.6 is 0 Å². The molecule has 0 atom stereocenters. The van der Waals surface area contributed by atoms with Crippen molar-refractivity contribution in [2.45, 2.75) is 60.0 Å². The smallest absolute Gasteiger partial charge is 0.134 e. The van der Waals surface area contributed by atoms with Crippen molar-refractivity contribution in [1.29, 1.82) is 0 Å². The van der Waals surface area contributed by atoms with Gasteiger partial charge in [0.25, 0.3) is 0 Å². The summed E-state index contributed by atoms with van der Waals surface area (Å²) in [5.74, 6) is 2.76. The van der Waals surface area contributed by atoms with E-state index in [0.29, 0.717) is 6.61 Å². The van der Waals surface area contributed by atoms with Crippen molar-refractivity contribution in [3.8, 4) is 0 Å². The minimum Gasteiger partial charge on any atom is -0.377 e. The highest BCUT2D eigenvalue weighted by Crippen LogP contribution is 2.20. The van der Waals surface area contributed by atoms with Gasteiger partial charge in [-0.3, -0.25) is 0 Å². The van der Waals surface area contributed by atoms with Gasteiger partial charge in [0.1, 0.15) is 17.5 Å². The summed E-state index contributed by atoms with van der Waals surface area (Å²) in [4.78, 5) is 9.25. The maximum Gasteiger partial charge on any atom is 0.134 e. The van der Waals surface area contributed by atoms with Crippen LogP contribution in [0.2, 0.25) is 0 Å². The third kappa shape index (κ3) is 6.29. The Bertz CT molecular complexity index is 421. The van der Waals surface area contributed by atoms with Crippen molar-refractivity contribution < 1.29 is 4.74 Å². The lowest BCUT2D eigenvalue weighted by molar-refractivity contribution is 0.0870. The predicted octanol–water partition coefficient (Wildman–Crippen LogP) is 3.40. The van der Waals surface area contributed by atoms with Crippen LogP contribution in [0.5, 0.6) is 0 Å². The van der Waals surface area contributed by atoms with E-state index in [4.69, 9.17) is 4.74 Å². The number of anilines is 2. The maximum absolute atomic E-state index is 5.55. The van der Waals surface area contributed by atoms with Crippen molar-refractivity contribution >= 4 is 11.6 Å². The van der Waals surface area contributed by atoms with Gasteiger partial charge in [0.15, 0.2) is 0 Å². The van der Waals surface area contributed by atoms with E-state index in [0.717, 1.165) is 55.4 Å². The first-order chi connectivity index (χ1) is 10.1. The number of hydrogen-bond donors (Lipinski definition) is 2. The molecule has 0 aliphatic carbocycles. The molecule has 21 heavy (non-hydrogen) atoms. The lowest BCUT2D eigenvalue weighted by Crippen LogP contribution is -2.16. The SMILES string of the molecule is CCCNc1nc(CCC)nc(NCCOC(C)C)c1C. The van der Waals surface area contributed by atoms with Gasteiger partial charge < -0.3 is 15.4 Å². The first-order valence-corrected chi connectivity index (χ1v) is 8.05. The molecule has 0 aliphatic rings. The summed E-state index contributed by atoms with van der Waals surface area (Å²) in [5, 5.41) is 6.76. The van der Waals surface area contributed by atoms with Crippen LogP contribution in [0.3, 0.4) is 0 Å². The van der Waals surface area contributed by atoms with Gasteiger partial charge in [0.05, 0.1) is 12.7 Å². The molecular weight excluding hydrogens is 264 g/mol. The Labute approximate surface area is 128 Å².